The minimum atomic E-state index is -0.285. The van der Waals surface area contributed by atoms with Crippen LogP contribution in [0.3, 0.4) is 0 Å². The largest absolute Gasteiger partial charge is 0.457 e. The summed E-state index contributed by atoms with van der Waals surface area (Å²) in [7, 11) is 0. The monoisotopic (exact) mass is 300 g/mol. The number of guanidine groups is 1. The molecule has 0 saturated heterocycles. The first-order chi connectivity index (χ1) is 10.8. The van der Waals surface area contributed by atoms with E-state index in [9.17, 15) is 4.39 Å². The molecule has 0 unspecified atom stereocenters. The maximum absolute atomic E-state index is 12.9. The van der Waals surface area contributed by atoms with Crippen molar-refractivity contribution in [2.45, 2.75) is 13.0 Å². The first kappa shape index (κ1) is 14.3. The fourth-order valence-corrected chi connectivity index (χ4v) is 2.08. The summed E-state index contributed by atoms with van der Waals surface area (Å²) in [5, 5.41) is 6.40. The number of nitrogens with one attached hydrogen (secondary N) is 2. The van der Waals surface area contributed by atoms with Crippen LogP contribution >= 0.6 is 0 Å². The number of benzene rings is 1. The van der Waals surface area contributed by atoms with Crippen LogP contribution in [0.25, 0.3) is 0 Å². The zero-order valence-corrected chi connectivity index (χ0v) is 12.1. The molecule has 1 aromatic carbocycles. The third-order valence-electron chi connectivity index (χ3n) is 3.17. The SMILES string of the molecule is Fc1ccc(Oc2ccnc(CNC3=NCCCN3)c2)cc1. The Hall–Kier alpha value is -2.63. The van der Waals surface area contributed by atoms with E-state index in [1.54, 1.807) is 24.4 Å². The molecule has 1 aromatic heterocycles. The Kier molecular flexibility index (Phi) is 4.48. The summed E-state index contributed by atoms with van der Waals surface area (Å²) in [6, 6.07) is 9.53. The van der Waals surface area contributed by atoms with E-state index in [2.05, 4.69) is 20.6 Å². The van der Waals surface area contributed by atoms with Crippen LogP contribution in [0.4, 0.5) is 4.39 Å². The summed E-state index contributed by atoms with van der Waals surface area (Å²) in [4.78, 5) is 8.64. The van der Waals surface area contributed by atoms with Crippen LogP contribution in [0.5, 0.6) is 11.5 Å². The zero-order valence-electron chi connectivity index (χ0n) is 12.1. The first-order valence-electron chi connectivity index (χ1n) is 7.20. The van der Waals surface area contributed by atoms with Crippen molar-refractivity contribution in [2.75, 3.05) is 13.1 Å². The van der Waals surface area contributed by atoms with Gasteiger partial charge in [0.2, 0.25) is 0 Å². The molecule has 5 nitrogen and oxygen atoms in total. The van der Waals surface area contributed by atoms with Gasteiger partial charge in [0.25, 0.3) is 0 Å². The van der Waals surface area contributed by atoms with Crippen molar-refractivity contribution in [3.8, 4) is 11.5 Å². The molecule has 2 heterocycles. The second-order valence-corrected chi connectivity index (χ2v) is 4.90. The second-order valence-electron chi connectivity index (χ2n) is 4.90. The van der Waals surface area contributed by atoms with Crippen molar-refractivity contribution in [1.82, 2.24) is 15.6 Å². The fraction of sp³-hybridized carbons (Fsp3) is 0.250. The van der Waals surface area contributed by atoms with Crippen LogP contribution in [-0.2, 0) is 6.54 Å². The van der Waals surface area contributed by atoms with Crippen molar-refractivity contribution in [3.63, 3.8) is 0 Å². The van der Waals surface area contributed by atoms with Gasteiger partial charge < -0.3 is 15.4 Å². The molecular weight excluding hydrogens is 283 g/mol. The highest BCUT2D eigenvalue weighted by molar-refractivity contribution is 5.80. The van der Waals surface area contributed by atoms with Gasteiger partial charge in [-0.1, -0.05) is 0 Å². The summed E-state index contributed by atoms with van der Waals surface area (Å²) in [5.41, 5.74) is 0.842. The molecule has 6 heteroatoms. The van der Waals surface area contributed by atoms with Gasteiger partial charge in [0, 0.05) is 25.4 Å². The van der Waals surface area contributed by atoms with Crippen LogP contribution in [0.15, 0.2) is 47.6 Å². The molecule has 1 aliphatic rings. The lowest BCUT2D eigenvalue weighted by molar-refractivity contribution is 0.478. The van der Waals surface area contributed by atoms with Gasteiger partial charge in [-0.15, -0.1) is 0 Å². The molecule has 0 radical (unpaired) electrons. The van der Waals surface area contributed by atoms with Gasteiger partial charge in [-0.25, -0.2) is 4.39 Å². The maximum Gasteiger partial charge on any atom is 0.191 e. The number of aliphatic imine (C=N–C) groups is 1. The van der Waals surface area contributed by atoms with E-state index in [1.165, 1.54) is 12.1 Å². The van der Waals surface area contributed by atoms with Gasteiger partial charge in [0.05, 0.1) is 12.2 Å². The van der Waals surface area contributed by atoms with Gasteiger partial charge >= 0.3 is 0 Å². The predicted octanol–water partition coefficient (Wildman–Crippen LogP) is 2.45. The molecule has 0 aliphatic carbocycles. The molecule has 0 spiro atoms. The van der Waals surface area contributed by atoms with Crippen LogP contribution in [0, 0.1) is 5.82 Å². The van der Waals surface area contributed by atoms with Crippen molar-refractivity contribution in [2.24, 2.45) is 4.99 Å². The smallest absolute Gasteiger partial charge is 0.191 e. The molecule has 0 saturated carbocycles. The fourth-order valence-electron chi connectivity index (χ4n) is 2.08. The summed E-state index contributed by atoms with van der Waals surface area (Å²) in [6.45, 7) is 2.34. The van der Waals surface area contributed by atoms with Crippen molar-refractivity contribution in [3.05, 3.63) is 54.1 Å². The topological polar surface area (TPSA) is 58.5 Å². The average molecular weight is 300 g/mol. The number of halogens is 1. The minimum Gasteiger partial charge on any atom is -0.457 e. The Morgan fingerprint density at radius 1 is 1.18 bits per heavy atom. The van der Waals surface area contributed by atoms with E-state index in [4.69, 9.17) is 4.74 Å². The Balaban J connectivity index is 1.62. The summed E-state index contributed by atoms with van der Waals surface area (Å²) < 4.78 is 18.6. The average Bonchev–Trinajstić information content (AvgIpc) is 2.57. The van der Waals surface area contributed by atoms with E-state index in [0.29, 0.717) is 18.0 Å². The third kappa shape index (κ3) is 3.94. The van der Waals surface area contributed by atoms with E-state index in [-0.39, 0.29) is 5.82 Å². The summed E-state index contributed by atoms with van der Waals surface area (Å²) in [6.07, 6.45) is 2.75. The molecule has 114 valence electrons. The third-order valence-corrected chi connectivity index (χ3v) is 3.17. The normalized spacial score (nSPS) is 14.0. The van der Waals surface area contributed by atoms with Gasteiger partial charge in [-0.3, -0.25) is 9.98 Å². The van der Waals surface area contributed by atoms with Gasteiger partial charge in [0.1, 0.15) is 17.3 Å². The molecule has 1 aliphatic heterocycles. The Morgan fingerprint density at radius 2 is 2.05 bits per heavy atom. The zero-order chi connectivity index (χ0) is 15.2. The number of ether oxygens (including phenoxy) is 1. The number of pyridine rings is 1. The molecule has 22 heavy (non-hydrogen) atoms. The van der Waals surface area contributed by atoms with Crippen LogP contribution in [0.2, 0.25) is 0 Å². The molecule has 0 amide bonds. The number of nitrogens with zero attached hydrogens (tertiary/aromatic N) is 2. The van der Waals surface area contributed by atoms with E-state index >= 15 is 0 Å². The van der Waals surface area contributed by atoms with E-state index in [1.807, 2.05) is 6.07 Å². The van der Waals surface area contributed by atoms with Gasteiger partial charge in [-0.2, -0.15) is 0 Å². The maximum atomic E-state index is 12.9. The number of rotatable bonds is 4. The van der Waals surface area contributed by atoms with Crippen molar-refractivity contribution in [1.29, 1.82) is 0 Å². The van der Waals surface area contributed by atoms with E-state index < -0.39 is 0 Å². The lowest BCUT2D eigenvalue weighted by Crippen LogP contribution is -2.40. The molecule has 3 rings (SSSR count). The lowest BCUT2D eigenvalue weighted by Gasteiger charge is -2.15. The Labute approximate surface area is 128 Å². The van der Waals surface area contributed by atoms with Crippen LogP contribution < -0.4 is 15.4 Å². The first-order valence-corrected chi connectivity index (χ1v) is 7.20. The standard InChI is InChI=1S/C16H17FN4O/c17-12-2-4-14(5-3-12)22-15-6-9-18-13(10-15)11-21-16-19-7-1-8-20-16/h2-6,9-10H,1,7-8,11H2,(H2,19,20,21). The Bertz CT molecular complexity index is 657. The number of hydrogen-bond donors (Lipinski definition) is 2. The highest BCUT2D eigenvalue weighted by Crippen LogP contribution is 2.21. The molecule has 2 aromatic rings. The van der Waals surface area contributed by atoms with Crippen LogP contribution in [0.1, 0.15) is 12.1 Å². The second kappa shape index (κ2) is 6.89. The van der Waals surface area contributed by atoms with Crippen molar-refractivity contribution < 1.29 is 9.13 Å². The van der Waals surface area contributed by atoms with Gasteiger partial charge in [0.15, 0.2) is 5.96 Å². The molecule has 2 N–H and O–H groups in total. The van der Waals surface area contributed by atoms with Crippen molar-refractivity contribution >= 4 is 5.96 Å². The van der Waals surface area contributed by atoms with E-state index in [0.717, 1.165) is 31.2 Å². The number of aromatic nitrogens is 1. The van der Waals surface area contributed by atoms with Gasteiger partial charge in [-0.05, 0) is 36.8 Å². The molecular formula is C16H17FN4O. The molecule has 0 fully saturated rings. The summed E-state index contributed by atoms with van der Waals surface area (Å²) >= 11 is 0. The highest BCUT2D eigenvalue weighted by Gasteiger charge is 2.05. The molecule has 0 bridgehead atoms. The summed E-state index contributed by atoms with van der Waals surface area (Å²) in [5.74, 6) is 1.77. The minimum absolute atomic E-state index is 0.285. The lowest BCUT2D eigenvalue weighted by atomic mass is 10.3. The Morgan fingerprint density at radius 3 is 2.82 bits per heavy atom. The quantitative estimate of drug-likeness (QED) is 0.910. The number of hydrogen-bond acceptors (Lipinski definition) is 5. The molecule has 0 atom stereocenters. The predicted molar refractivity (Wildman–Crippen MR) is 82.5 cm³/mol. The van der Waals surface area contributed by atoms with Crippen LogP contribution in [-0.4, -0.2) is 24.0 Å². The highest BCUT2D eigenvalue weighted by atomic mass is 19.1.